The third-order valence-electron chi connectivity index (χ3n) is 3.21. The minimum absolute atomic E-state index is 0.288. The first kappa shape index (κ1) is 12.5. The summed E-state index contributed by atoms with van der Waals surface area (Å²) < 4.78 is 6.97. The van der Waals surface area contributed by atoms with E-state index in [9.17, 15) is 4.79 Å². The zero-order chi connectivity index (χ0) is 13.9. The van der Waals surface area contributed by atoms with Crippen LogP contribution in [-0.4, -0.2) is 17.0 Å². The molecule has 0 radical (unpaired) electrons. The Morgan fingerprint density at radius 2 is 1.85 bits per heavy atom. The molecule has 3 aromatic rings. The normalized spacial score (nSPS) is 10.7. The molecule has 0 bridgehead atoms. The lowest BCUT2D eigenvalue weighted by Crippen LogP contribution is -2.05. The second-order valence-corrected chi connectivity index (χ2v) is 4.57. The second-order valence-electron chi connectivity index (χ2n) is 4.57. The lowest BCUT2D eigenvalue weighted by molar-refractivity contribution is 0.0526. The van der Waals surface area contributed by atoms with Gasteiger partial charge in [-0.05, 0) is 30.7 Å². The van der Waals surface area contributed by atoms with Gasteiger partial charge in [0.15, 0.2) is 0 Å². The molecule has 0 saturated carbocycles. The number of carbonyl (C=O) groups is 1. The Labute approximate surface area is 117 Å². The summed E-state index contributed by atoms with van der Waals surface area (Å²) in [4.78, 5) is 11.7. The molecule has 0 fully saturated rings. The first-order valence-corrected chi connectivity index (χ1v) is 6.62. The third kappa shape index (κ3) is 2.30. The lowest BCUT2D eigenvalue weighted by atomic mass is 10.1. The van der Waals surface area contributed by atoms with Crippen LogP contribution in [0.15, 0.2) is 60.9 Å². The van der Waals surface area contributed by atoms with Crippen LogP contribution in [0.5, 0.6) is 0 Å². The molecule has 0 amide bonds. The van der Waals surface area contributed by atoms with Crippen molar-refractivity contribution in [3.05, 3.63) is 66.5 Å². The molecular formula is C17H15NO2. The van der Waals surface area contributed by atoms with E-state index in [0.29, 0.717) is 12.2 Å². The van der Waals surface area contributed by atoms with Crippen LogP contribution in [0.4, 0.5) is 0 Å². The molecule has 2 aromatic heterocycles. The quantitative estimate of drug-likeness (QED) is 0.675. The van der Waals surface area contributed by atoms with Crippen LogP contribution >= 0.6 is 0 Å². The molecule has 3 nitrogen and oxygen atoms in total. The van der Waals surface area contributed by atoms with Crippen molar-refractivity contribution < 1.29 is 9.53 Å². The van der Waals surface area contributed by atoms with Crippen molar-refractivity contribution in [1.82, 2.24) is 4.40 Å². The van der Waals surface area contributed by atoms with E-state index < -0.39 is 0 Å². The first-order valence-electron chi connectivity index (χ1n) is 6.62. The molecule has 3 heteroatoms. The number of pyridine rings is 1. The van der Waals surface area contributed by atoms with Gasteiger partial charge in [0.1, 0.15) is 0 Å². The van der Waals surface area contributed by atoms with Gasteiger partial charge in [0.2, 0.25) is 0 Å². The van der Waals surface area contributed by atoms with Crippen LogP contribution in [0, 0.1) is 0 Å². The number of hydrogen-bond acceptors (Lipinski definition) is 2. The monoisotopic (exact) mass is 265 g/mol. The predicted octanol–water partition coefficient (Wildman–Crippen LogP) is 3.78. The van der Waals surface area contributed by atoms with E-state index in [0.717, 1.165) is 16.6 Å². The molecule has 0 aliphatic rings. The number of esters is 1. The van der Waals surface area contributed by atoms with E-state index in [1.54, 1.807) is 19.2 Å². The van der Waals surface area contributed by atoms with Crippen LogP contribution in [-0.2, 0) is 4.74 Å². The summed E-state index contributed by atoms with van der Waals surface area (Å²) in [5.74, 6) is -0.288. The van der Waals surface area contributed by atoms with E-state index in [1.165, 1.54) is 0 Å². The molecule has 2 heterocycles. The first-order chi connectivity index (χ1) is 9.78. The Bertz CT molecular complexity index is 744. The van der Waals surface area contributed by atoms with Gasteiger partial charge in [0.25, 0.3) is 0 Å². The highest BCUT2D eigenvalue weighted by molar-refractivity contribution is 5.89. The van der Waals surface area contributed by atoms with Crippen LogP contribution in [0.1, 0.15) is 17.3 Å². The standard InChI is InChI=1S/C17H15NO2/c1-2-20-17(19)14-8-9-16-10-15(12-18(16)11-14)13-6-4-3-5-7-13/h3-12H,2H2,1H3. The minimum atomic E-state index is -0.288. The summed E-state index contributed by atoms with van der Waals surface area (Å²) in [6.07, 6.45) is 3.83. The van der Waals surface area contributed by atoms with Gasteiger partial charge in [0, 0.05) is 23.5 Å². The Kier molecular flexibility index (Phi) is 3.25. The van der Waals surface area contributed by atoms with Gasteiger partial charge in [0.05, 0.1) is 12.2 Å². The average molecular weight is 265 g/mol. The zero-order valence-electron chi connectivity index (χ0n) is 11.2. The highest BCUT2D eigenvalue weighted by Crippen LogP contribution is 2.22. The smallest absolute Gasteiger partial charge is 0.339 e. The molecule has 0 saturated heterocycles. The largest absolute Gasteiger partial charge is 0.462 e. The fraction of sp³-hybridized carbons (Fsp3) is 0.118. The summed E-state index contributed by atoms with van der Waals surface area (Å²) in [6, 6.07) is 16.0. The number of carbonyl (C=O) groups excluding carboxylic acids is 1. The molecule has 0 atom stereocenters. The minimum Gasteiger partial charge on any atom is -0.462 e. The molecule has 0 aliphatic carbocycles. The summed E-state index contributed by atoms with van der Waals surface area (Å²) in [5, 5.41) is 0. The number of hydrogen-bond donors (Lipinski definition) is 0. The summed E-state index contributed by atoms with van der Waals surface area (Å²) in [6.45, 7) is 2.19. The van der Waals surface area contributed by atoms with Gasteiger partial charge < -0.3 is 9.14 Å². The van der Waals surface area contributed by atoms with E-state index in [1.807, 2.05) is 34.9 Å². The molecule has 0 spiro atoms. The number of fused-ring (bicyclic) bond motifs is 1. The van der Waals surface area contributed by atoms with Gasteiger partial charge in [-0.15, -0.1) is 0 Å². The Hall–Kier alpha value is -2.55. The summed E-state index contributed by atoms with van der Waals surface area (Å²) in [5.41, 5.74) is 3.91. The van der Waals surface area contributed by atoms with E-state index in [-0.39, 0.29) is 5.97 Å². The molecule has 20 heavy (non-hydrogen) atoms. The maximum atomic E-state index is 11.7. The maximum Gasteiger partial charge on any atom is 0.339 e. The van der Waals surface area contributed by atoms with E-state index in [4.69, 9.17) is 4.74 Å². The van der Waals surface area contributed by atoms with Crippen LogP contribution < -0.4 is 0 Å². The van der Waals surface area contributed by atoms with Gasteiger partial charge >= 0.3 is 5.97 Å². The summed E-state index contributed by atoms with van der Waals surface area (Å²) >= 11 is 0. The Morgan fingerprint density at radius 3 is 2.60 bits per heavy atom. The number of benzene rings is 1. The van der Waals surface area contributed by atoms with Gasteiger partial charge in [-0.1, -0.05) is 30.3 Å². The number of ether oxygens (including phenoxy) is 1. The van der Waals surface area contributed by atoms with Crippen LogP contribution in [0.2, 0.25) is 0 Å². The van der Waals surface area contributed by atoms with Crippen molar-refractivity contribution in [1.29, 1.82) is 0 Å². The lowest BCUT2D eigenvalue weighted by Gasteiger charge is -2.02. The van der Waals surface area contributed by atoms with Gasteiger partial charge in [-0.3, -0.25) is 0 Å². The summed E-state index contributed by atoms with van der Waals surface area (Å²) in [7, 11) is 0. The number of rotatable bonds is 3. The highest BCUT2D eigenvalue weighted by Gasteiger charge is 2.08. The number of nitrogens with zero attached hydrogens (tertiary/aromatic N) is 1. The molecule has 1 aromatic carbocycles. The second kappa shape index (κ2) is 5.21. The topological polar surface area (TPSA) is 30.7 Å². The average Bonchev–Trinajstić information content (AvgIpc) is 2.91. The van der Waals surface area contributed by atoms with E-state index in [2.05, 4.69) is 18.2 Å². The molecule has 100 valence electrons. The van der Waals surface area contributed by atoms with Crippen molar-refractivity contribution in [2.45, 2.75) is 6.92 Å². The molecule has 0 N–H and O–H groups in total. The van der Waals surface area contributed by atoms with E-state index >= 15 is 0 Å². The number of aromatic nitrogens is 1. The highest BCUT2D eigenvalue weighted by atomic mass is 16.5. The Balaban J connectivity index is 2.02. The van der Waals surface area contributed by atoms with Crippen LogP contribution in [0.3, 0.4) is 0 Å². The van der Waals surface area contributed by atoms with Gasteiger partial charge in [-0.25, -0.2) is 4.79 Å². The van der Waals surface area contributed by atoms with Crippen molar-refractivity contribution in [2.24, 2.45) is 0 Å². The third-order valence-corrected chi connectivity index (χ3v) is 3.21. The van der Waals surface area contributed by atoms with Crippen molar-refractivity contribution in [3.8, 4) is 11.1 Å². The molecule has 3 rings (SSSR count). The van der Waals surface area contributed by atoms with Crippen molar-refractivity contribution in [3.63, 3.8) is 0 Å². The molecular weight excluding hydrogens is 250 g/mol. The fourth-order valence-electron chi connectivity index (χ4n) is 2.23. The van der Waals surface area contributed by atoms with Gasteiger partial charge in [-0.2, -0.15) is 0 Å². The predicted molar refractivity (Wildman–Crippen MR) is 78.8 cm³/mol. The fourth-order valence-corrected chi connectivity index (χ4v) is 2.23. The SMILES string of the molecule is CCOC(=O)c1ccc2cc(-c3ccccc3)cn2c1. The van der Waals surface area contributed by atoms with Crippen molar-refractivity contribution in [2.75, 3.05) is 6.61 Å². The Morgan fingerprint density at radius 1 is 1.05 bits per heavy atom. The van der Waals surface area contributed by atoms with Crippen LogP contribution in [0.25, 0.3) is 16.6 Å². The molecule has 0 aliphatic heterocycles. The zero-order valence-corrected chi connectivity index (χ0v) is 11.2. The van der Waals surface area contributed by atoms with Crippen molar-refractivity contribution >= 4 is 11.5 Å². The molecule has 0 unspecified atom stereocenters. The maximum absolute atomic E-state index is 11.7.